The van der Waals surface area contributed by atoms with Gasteiger partial charge in [-0.05, 0) is 61.7 Å². The molecule has 0 N–H and O–H groups in total. The Morgan fingerprint density at radius 2 is 1.80 bits per heavy atom. The Bertz CT molecular complexity index is 929. The summed E-state index contributed by atoms with van der Waals surface area (Å²) in [7, 11) is 1.67. The van der Waals surface area contributed by atoms with E-state index in [1.54, 1.807) is 18.4 Å². The lowest BCUT2D eigenvalue weighted by Crippen LogP contribution is -2.09. The van der Waals surface area contributed by atoms with Crippen molar-refractivity contribution < 1.29 is 4.74 Å². The highest BCUT2D eigenvalue weighted by Crippen LogP contribution is 2.57. The van der Waals surface area contributed by atoms with E-state index in [0.29, 0.717) is 5.02 Å². The van der Waals surface area contributed by atoms with Gasteiger partial charge >= 0.3 is 0 Å². The molecule has 3 aromatic rings. The van der Waals surface area contributed by atoms with Gasteiger partial charge in [-0.25, -0.2) is 4.98 Å². The monoisotopic (exact) mass is 389 g/mol. The Hall–Kier alpha value is -1.55. The third-order valence-corrected chi connectivity index (χ3v) is 6.49. The molecule has 1 fully saturated rings. The van der Waals surface area contributed by atoms with Crippen LogP contribution < -0.4 is 4.74 Å². The first-order chi connectivity index (χ1) is 12.0. The molecule has 0 spiro atoms. The van der Waals surface area contributed by atoms with Gasteiger partial charge in [0.1, 0.15) is 10.8 Å². The SMILES string of the molecule is COc1ccc(-c2nc(C3(c4ccc(Cl)cc4Cl)CC3)sc2C)cc1. The molecule has 0 bridgehead atoms. The fourth-order valence-corrected chi connectivity index (χ4v) is 5.00. The number of rotatable bonds is 4. The van der Waals surface area contributed by atoms with Gasteiger partial charge in [0.2, 0.25) is 0 Å². The lowest BCUT2D eigenvalue weighted by Gasteiger charge is -2.14. The molecule has 128 valence electrons. The minimum Gasteiger partial charge on any atom is -0.497 e. The smallest absolute Gasteiger partial charge is 0.118 e. The summed E-state index contributed by atoms with van der Waals surface area (Å²) < 4.78 is 5.24. The highest BCUT2D eigenvalue weighted by Gasteiger charge is 2.49. The Kier molecular flexibility index (Phi) is 4.27. The summed E-state index contributed by atoms with van der Waals surface area (Å²) in [5.41, 5.74) is 3.23. The van der Waals surface area contributed by atoms with Crippen LogP contribution in [0.3, 0.4) is 0 Å². The quantitative estimate of drug-likeness (QED) is 0.506. The number of aromatic nitrogens is 1. The predicted molar refractivity (Wildman–Crippen MR) is 105 cm³/mol. The lowest BCUT2D eigenvalue weighted by atomic mass is 9.96. The average molecular weight is 390 g/mol. The molecule has 0 unspecified atom stereocenters. The van der Waals surface area contributed by atoms with E-state index in [4.69, 9.17) is 32.9 Å². The van der Waals surface area contributed by atoms with Crippen LogP contribution in [0.2, 0.25) is 10.0 Å². The first-order valence-corrected chi connectivity index (χ1v) is 9.68. The molecule has 1 aromatic heterocycles. The van der Waals surface area contributed by atoms with Crippen molar-refractivity contribution in [3.8, 4) is 17.0 Å². The van der Waals surface area contributed by atoms with Crippen molar-refractivity contribution in [1.82, 2.24) is 4.98 Å². The fourth-order valence-electron chi connectivity index (χ4n) is 3.22. The van der Waals surface area contributed by atoms with Gasteiger partial charge in [-0.2, -0.15) is 0 Å². The van der Waals surface area contributed by atoms with Crippen LogP contribution in [0.5, 0.6) is 5.75 Å². The van der Waals surface area contributed by atoms with E-state index < -0.39 is 0 Å². The summed E-state index contributed by atoms with van der Waals surface area (Å²) in [6.07, 6.45) is 2.15. The molecule has 0 saturated heterocycles. The third-order valence-electron chi connectivity index (χ3n) is 4.77. The van der Waals surface area contributed by atoms with Crippen LogP contribution in [0.4, 0.5) is 0 Å². The van der Waals surface area contributed by atoms with E-state index in [2.05, 4.69) is 19.1 Å². The number of nitrogens with zero attached hydrogens (tertiary/aromatic N) is 1. The van der Waals surface area contributed by atoms with Crippen molar-refractivity contribution in [3.05, 3.63) is 68.0 Å². The summed E-state index contributed by atoms with van der Waals surface area (Å²) >= 11 is 14.3. The average Bonchev–Trinajstić information content (AvgIpc) is 3.31. The van der Waals surface area contributed by atoms with Crippen LogP contribution in [0.25, 0.3) is 11.3 Å². The summed E-state index contributed by atoms with van der Waals surface area (Å²) in [5.74, 6) is 0.850. The van der Waals surface area contributed by atoms with Crippen LogP contribution in [-0.4, -0.2) is 12.1 Å². The van der Waals surface area contributed by atoms with Crippen LogP contribution in [-0.2, 0) is 5.41 Å². The molecule has 0 atom stereocenters. The second-order valence-electron chi connectivity index (χ2n) is 6.36. The zero-order valence-electron chi connectivity index (χ0n) is 14.0. The second kappa shape index (κ2) is 6.31. The van der Waals surface area contributed by atoms with Crippen LogP contribution in [0.1, 0.15) is 28.3 Å². The first-order valence-electron chi connectivity index (χ1n) is 8.11. The van der Waals surface area contributed by atoms with Gasteiger partial charge in [-0.1, -0.05) is 29.3 Å². The van der Waals surface area contributed by atoms with Crippen molar-refractivity contribution in [2.75, 3.05) is 7.11 Å². The van der Waals surface area contributed by atoms with Crippen LogP contribution >= 0.6 is 34.5 Å². The van der Waals surface area contributed by atoms with E-state index >= 15 is 0 Å². The first kappa shape index (κ1) is 16.9. The number of hydrogen-bond donors (Lipinski definition) is 0. The molecule has 0 amide bonds. The normalized spacial score (nSPS) is 15.2. The fraction of sp³-hybridized carbons (Fsp3) is 0.250. The topological polar surface area (TPSA) is 22.1 Å². The standard InChI is InChI=1S/C20H17Cl2NOS/c1-12-18(13-3-6-15(24-2)7-4-13)23-19(25-12)20(9-10-20)16-8-5-14(21)11-17(16)22/h3-8,11H,9-10H2,1-2H3. The lowest BCUT2D eigenvalue weighted by molar-refractivity contribution is 0.415. The van der Waals surface area contributed by atoms with Crippen molar-refractivity contribution in [2.24, 2.45) is 0 Å². The molecule has 0 aliphatic heterocycles. The van der Waals surface area contributed by atoms with Crippen molar-refractivity contribution >= 4 is 34.5 Å². The number of aryl methyl sites for hydroxylation is 1. The maximum absolute atomic E-state index is 6.48. The van der Waals surface area contributed by atoms with Crippen LogP contribution in [0.15, 0.2) is 42.5 Å². The molecule has 1 aliphatic carbocycles. The molecule has 1 heterocycles. The number of ether oxygens (including phenoxy) is 1. The highest BCUT2D eigenvalue weighted by molar-refractivity contribution is 7.12. The maximum Gasteiger partial charge on any atom is 0.118 e. The van der Waals surface area contributed by atoms with E-state index in [9.17, 15) is 0 Å². The predicted octanol–water partition coefficient (Wildman–Crippen LogP) is 6.51. The Labute approximate surface area is 161 Å². The van der Waals surface area contributed by atoms with Gasteiger partial charge in [0.05, 0.1) is 12.8 Å². The summed E-state index contributed by atoms with van der Waals surface area (Å²) in [5, 5.41) is 2.53. The third kappa shape index (κ3) is 2.95. The van der Waals surface area contributed by atoms with Gasteiger partial charge < -0.3 is 4.74 Å². The summed E-state index contributed by atoms with van der Waals surface area (Å²) in [6, 6.07) is 13.8. The molecule has 2 aromatic carbocycles. The zero-order chi connectivity index (χ0) is 17.6. The van der Waals surface area contributed by atoms with E-state index in [-0.39, 0.29) is 5.41 Å². The van der Waals surface area contributed by atoms with Crippen LogP contribution in [0, 0.1) is 6.92 Å². The van der Waals surface area contributed by atoms with E-state index in [1.807, 2.05) is 30.3 Å². The van der Waals surface area contributed by atoms with E-state index in [1.165, 1.54) is 4.88 Å². The number of thiazole rings is 1. The molecular weight excluding hydrogens is 373 g/mol. The largest absolute Gasteiger partial charge is 0.497 e. The molecule has 25 heavy (non-hydrogen) atoms. The molecule has 0 radical (unpaired) electrons. The van der Waals surface area contributed by atoms with Gasteiger partial charge in [0.15, 0.2) is 0 Å². The molecule has 5 heteroatoms. The van der Waals surface area contributed by atoms with Crippen molar-refractivity contribution in [1.29, 1.82) is 0 Å². The van der Waals surface area contributed by atoms with Crippen molar-refractivity contribution in [2.45, 2.75) is 25.2 Å². The molecule has 2 nitrogen and oxygen atoms in total. The van der Waals surface area contributed by atoms with Crippen molar-refractivity contribution in [3.63, 3.8) is 0 Å². The van der Waals surface area contributed by atoms with E-state index in [0.717, 1.165) is 45.4 Å². The molecule has 1 saturated carbocycles. The van der Waals surface area contributed by atoms with Gasteiger partial charge in [0, 0.05) is 25.9 Å². The summed E-state index contributed by atoms with van der Waals surface area (Å²) in [4.78, 5) is 6.21. The molecule has 1 aliphatic rings. The minimum atomic E-state index is -0.0538. The summed E-state index contributed by atoms with van der Waals surface area (Å²) in [6.45, 7) is 2.13. The Balaban J connectivity index is 1.74. The Morgan fingerprint density at radius 1 is 1.08 bits per heavy atom. The number of methoxy groups -OCH3 is 1. The molecular formula is C20H17Cl2NOS. The number of benzene rings is 2. The maximum atomic E-state index is 6.48. The van der Waals surface area contributed by atoms with Gasteiger partial charge in [0.25, 0.3) is 0 Å². The number of halogens is 2. The van der Waals surface area contributed by atoms with Gasteiger partial charge in [-0.15, -0.1) is 11.3 Å². The zero-order valence-corrected chi connectivity index (χ0v) is 16.3. The van der Waals surface area contributed by atoms with Gasteiger partial charge in [-0.3, -0.25) is 0 Å². The Morgan fingerprint density at radius 3 is 2.40 bits per heavy atom. The second-order valence-corrected chi connectivity index (χ2v) is 8.41. The number of hydrogen-bond acceptors (Lipinski definition) is 3. The highest BCUT2D eigenvalue weighted by atomic mass is 35.5. The minimum absolute atomic E-state index is 0.0538. The molecule has 4 rings (SSSR count).